The molecule has 6 heteroatoms. The third-order valence-corrected chi connectivity index (χ3v) is 1.89. The van der Waals surface area contributed by atoms with Crippen molar-refractivity contribution in [3.05, 3.63) is 10.2 Å². The van der Waals surface area contributed by atoms with Gasteiger partial charge in [-0.3, -0.25) is 4.79 Å². The molecule has 11 heavy (non-hydrogen) atoms. The van der Waals surface area contributed by atoms with Crippen LogP contribution in [-0.4, -0.2) is 16.2 Å². The molecule has 0 saturated carbocycles. The first-order valence-electron chi connectivity index (χ1n) is 2.72. The maximum absolute atomic E-state index is 10.2. The number of aromatic nitrogens is 1. The van der Waals surface area contributed by atoms with E-state index in [9.17, 15) is 4.79 Å². The highest BCUT2D eigenvalue weighted by Gasteiger charge is 2.12. The van der Waals surface area contributed by atoms with Crippen molar-refractivity contribution in [1.82, 2.24) is 5.16 Å². The third-order valence-electron chi connectivity index (χ3n) is 1.04. The first kappa shape index (κ1) is 8.06. The molecule has 1 aromatic rings. The van der Waals surface area contributed by atoms with Gasteiger partial charge in [-0.1, -0.05) is 5.16 Å². The number of hydrogen-bond donors (Lipinski definition) is 2. The van der Waals surface area contributed by atoms with E-state index >= 15 is 0 Å². The largest absolute Gasteiger partial charge is 0.481 e. The maximum atomic E-state index is 10.2. The van der Waals surface area contributed by atoms with E-state index < -0.39 is 5.97 Å². The maximum Gasteiger partial charge on any atom is 0.309 e. The lowest BCUT2D eigenvalue weighted by atomic mass is 10.3. The van der Waals surface area contributed by atoms with E-state index in [1.807, 2.05) is 0 Å². The molecular weight excluding hydrogens is 216 g/mol. The molecule has 0 aromatic carbocycles. The van der Waals surface area contributed by atoms with Crippen molar-refractivity contribution < 1.29 is 14.4 Å². The van der Waals surface area contributed by atoms with E-state index in [4.69, 9.17) is 10.8 Å². The van der Waals surface area contributed by atoms with Crippen molar-refractivity contribution in [1.29, 1.82) is 0 Å². The van der Waals surface area contributed by atoms with Crippen LogP contribution < -0.4 is 5.73 Å². The van der Waals surface area contributed by atoms with Crippen LogP contribution in [0.3, 0.4) is 0 Å². The van der Waals surface area contributed by atoms with Gasteiger partial charge < -0.3 is 15.4 Å². The Balaban J connectivity index is 2.87. The van der Waals surface area contributed by atoms with Crippen LogP contribution in [0.2, 0.25) is 0 Å². The molecule has 0 spiro atoms. The Kier molecular flexibility index (Phi) is 2.13. The Morgan fingerprint density at radius 2 is 2.45 bits per heavy atom. The fraction of sp³-hybridized carbons (Fsp3) is 0.200. The molecule has 0 aliphatic rings. The molecule has 0 radical (unpaired) electrons. The summed E-state index contributed by atoms with van der Waals surface area (Å²) < 4.78 is 4.93. The van der Waals surface area contributed by atoms with Gasteiger partial charge in [0.05, 0.1) is 6.42 Å². The zero-order valence-electron chi connectivity index (χ0n) is 5.37. The van der Waals surface area contributed by atoms with Gasteiger partial charge in [0, 0.05) is 0 Å². The highest BCUT2D eigenvalue weighted by Crippen LogP contribution is 2.23. The lowest BCUT2D eigenvalue weighted by molar-refractivity contribution is -0.136. The lowest BCUT2D eigenvalue weighted by Crippen LogP contribution is -2.00. The minimum atomic E-state index is -0.973. The number of rotatable bonds is 2. The van der Waals surface area contributed by atoms with Crippen molar-refractivity contribution in [2.24, 2.45) is 0 Å². The van der Waals surface area contributed by atoms with Crippen LogP contribution in [0.1, 0.15) is 5.69 Å². The standard InChI is InChI=1S/C5H5BrN2O3/c6-4-2(1-3(9)10)8-11-5(4)7/h1,7H2,(H,9,10). The van der Waals surface area contributed by atoms with Crippen LogP contribution in [0.4, 0.5) is 5.88 Å². The molecule has 60 valence electrons. The molecule has 1 rings (SSSR count). The number of nitrogen functional groups attached to an aromatic ring is 1. The topological polar surface area (TPSA) is 89.4 Å². The Bertz CT molecular complexity index is 283. The van der Waals surface area contributed by atoms with Gasteiger partial charge in [-0.05, 0) is 15.9 Å². The minimum Gasteiger partial charge on any atom is -0.481 e. The Morgan fingerprint density at radius 3 is 2.82 bits per heavy atom. The minimum absolute atomic E-state index is 0.0984. The Morgan fingerprint density at radius 1 is 1.82 bits per heavy atom. The van der Waals surface area contributed by atoms with Gasteiger partial charge in [-0.2, -0.15) is 0 Å². The zero-order chi connectivity index (χ0) is 8.43. The zero-order valence-corrected chi connectivity index (χ0v) is 6.96. The van der Waals surface area contributed by atoms with Crippen LogP contribution in [-0.2, 0) is 11.2 Å². The highest BCUT2D eigenvalue weighted by atomic mass is 79.9. The number of nitrogens with zero attached hydrogens (tertiary/aromatic N) is 1. The third kappa shape index (κ3) is 1.70. The number of carboxylic acids is 1. The van der Waals surface area contributed by atoms with Crippen LogP contribution >= 0.6 is 15.9 Å². The number of aliphatic carboxylic acids is 1. The second kappa shape index (κ2) is 2.91. The van der Waals surface area contributed by atoms with Crippen molar-refractivity contribution in [2.75, 3.05) is 5.73 Å². The van der Waals surface area contributed by atoms with Crippen molar-refractivity contribution in [3.8, 4) is 0 Å². The van der Waals surface area contributed by atoms with Gasteiger partial charge in [0.2, 0.25) is 5.88 Å². The van der Waals surface area contributed by atoms with Gasteiger partial charge in [-0.25, -0.2) is 0 Å². The number of hydrogen-bond acceptors (Lipinski definition) is 4. The first-order valence-corrected chi connectivity index (χ1v) is 3.52. The van der Waals surface area contributed by atoms with Gasteiger partial charge in [0.1, 0.15) is 10.2 Å². The second-order valence-electron chi connectivity index (χ2n) is 1.88. The molecule has 0 saturated heterocycles. The molecule has 0 fully saturated rings. The van der Waals surface area contributed by atoms with Gasteiger partial charge >= 0.3 is 5.97 Å². The summed E-state index contributed by atoms with van der Waals surface area (Å²) in [5.74, 6) is -0.875. The van der Waals surface area contributed by atoms with Crippen molar-refractivity contribution in [2.45, 2.75) is 6.42 Å². The number of nitrogens with two attached hydrogens (primary N) is 1. The Labute approximate surface area is 70.3 Å². The summed E-state index contributed by atoms with van der Waals surface area (Å²) in [4.78, 5) is 10.2. The van der Waals surface area contributed by atoms with Gasteiger partial charge in [0.25, 0.3) is 0 Å². The summed E-state index contributed by atoms with van der Waals surface area (Å²) in [6, 6.07) is 0. The average molecular weight is 221 g/mol. The molecular formula is C5H5BrN2O3. The van der Waals surface area contributed by atoms with Crippen LogP contribution in [0.15, 0.2) is 9.00 Å². The molecule has 1 aromatic heterocycles. The predicted octanol–water partition coefficient (Wildman–Crippen LogP) is 0.646. The summed E-state index contributed by atoms with van der Waals surface area (Å²) in [5.41, 5.74) is 5.55. The molecule has 0 aliphatic heterocycles. The molecule has 0 atom stereocenters. The number of anilines is 1. The van der Waals surface area contributed by atoms with E-state index in [-0.39, 0.29) is 12.3 Å². The monoisotopic (exact) mass is 220 g/mol. The summed E-state index contributed by atoms with van der Waals surface area (Å²) in [5, 5.41) is 11.8. The van der Waals surface area contributed by atoms with E-state index in [0.29, 0.717) is 10.2 Å². The summed E-state index contributed by atoms with van der Waals surface area (Å²) in [7, 11) is 0. The molecule has 0 amide bonds. The van der Waals surface area contributed by atoms with Crippen LogP contribution in [0.25, 0.3) is 0 Å². The quantitative estimate of drug-likeness (QED) is 0.764. The summed E-state index contributed by atoms with van der Waals surface area (Å²) in [6.07, 6.45) is -0.193. The molecule has 0 unspecified atom stereocenters. The predicted molar refractivity (Wildman–Crippen MR) is 40.0 cm³/mol. The van der Waals surface area contributed by atoms with E-state index in [1.54, 1.807) is 0 Å². The fourth-order valence-electron chi connectivity index (χ4n) is 0.580. The normalized spacial score (nSPS) is 9.91. The van der Waals surface area contributed by atoms with Crippen LogP contribution in [0, 0.1) is 0 Å². The van der Waals surface area contributed by atoms with Crippen LogP contribution in [0.5, 0.6) is 0 Å². The first-order chi connectivity index (χ1) is 5.11. The summed E-state index contributed by atoms with van der Waals surface area (Å²) in [6.45, 7) is 0. The number of carbonyl (C=O) groups is 1. The second-order valence-corrected chi connectivity index (χ2v) is 2.67. The average Bonchev–Trinajstić information content (AvgIpc) is 2.18. The Hall–Kier alpha value is -1.04. The number of carboxylic acid groups (broad SMARTS) is 1. The van der Waals surface area contributed by atoms with Gasteiger partial charge in [-0.15, -0.1) is 0 Å². The molecule has 5 nitrogen and oxygen atoms in total. The van der Waals surface area contributed by atoms with Crippen molar-refractivity contribution >= 4 is 27.8 Å². The van der Waals surface area contributed by atoms with Crippen molar-refractivity contribution in [3.63, 3.8) is 0 Å². The van der Waals surface area contributed by atoms with E-state index in [0.717, 1.165) is 0 Å². The molecule has 0 bridgehead atoms. The SMILES string of the molecule is Nc1onc(CC(=O)O)c1Br. The number of halogens is 1. The smallest absolute Gasteiger partial charge is 0.309 e. The van der Waals surface area contributed by atoms with E-state index in [2.05, 4.69) is 25.6 Å². The molecule has 0 aliphatic carbocycles. The lowest BCUT2D eigenvalue weighted by Gasteiger charge is -1.87. The molecule has 3 N–H and O–H groups in total. The highest BCUT2D eigenvalue weighted by molar-refractivity contribution is 9.10. The summed E-state index contributed by atoms with van der Waals surface area (Å²) >= 11 is 3.03. The van der Waals surface area contributed by atoms with Gasteiger partial charge in [0.15, 0.2) is 0 Å². The fourth-order valence-corrected chi connectivity index (χ4v) is 0.865. The molecule has 1 heterocycles. The van der Waals surface area contributed by atoms with E-state index in [1.165, 1.54) is 0 Å².